The number of hydrogen-bond acceptors (Lipinski definition) is 5. The third-order valence-electron chi connectivity index (χ3n) is 5.18. The first kappa shape index (κ1) is 16.9. The number of aromatic nitrogens is 1. The molecule has 2 aromatic carbocycles. The highest BCUT2D eigenvalue weighted by Gasteiger charge is 2.28. The van der Waals surface area contributed by atoms with E-state index in [2.05, 4.69) is 4.98 Å². The van der Waals surface area contributed by atoms with E-state index in [9.17, 15) is 4.79 Å². The Hall–Kier alpha value is -3.28. The monoisotopic (exact) mass is 376 g/mol. The molecule has 2 aliphatic heterocycles. The highest BCUT2D eigenvalue weighted by Crippen LogP contribution is 2.33. The number of hydrogen-bond donors (Lipinski definition) is 0. The second-order valence-electron chi connectivity index (χ2n) is 7.06. The predicted molar refractivity (Wildman–Crippen MR) is 104 cm³/mol. The summed E-state index contributed by atoms with van der Waals surface area (Å²) < 4.78 is 16.9. The zero-order valence-electron chi connectivity index (χ0n) is 15.3. The van der Waals surface area contributed by atoms with E-state index in [-0.39, 0.29) is 18.8 Å². The Labute approximate surface area is 162 Å². The van der Waals surface area contributed by atoms with Gasteiger partial charge in [-0.1, -0.05) is 24.3 Å². The Bertz CT molecular complexity index is 1030. The summed E-state index contributed by atoms with van der Waals surface area (Å²) in [6, 6.07) is 15.5. The molecule has 28 heavy (non-hydrogen) atoms. The molecule has 5 rings (SSSR count). The lowest BCUT2D eigenvalue weighted by Crippen LogP contribution is -2.32. The van der Waals surface area contributed by atoms with Gasteiger partial charge in [-0.05, 0) is 29.8 Å². The van der Waals surface area contributed by atoms with Gasteiger partial charge in [0.2, 0.25) is 12.7 Å². The number of ether oxygens (including phenoxy) is 3. The number of pyridine rings is 1. The largest absolute Gasteiger partial charge is 0.486 e. The SMILES string of the molecule is O=C(Cc1ccc2c(c1)OCO2)N1CCC(Oc2cccc3cccnc23)C1. The van der Waals surface area contributed by atoms with Gasteiger partial charge in [-0.3, -0.25) is 9.78 Å². The molecule has 1 atom stereocenters. The van der Waals surface area contributed by atoms with E-state index in [4.69, 9.17) is 14.2 Å². The summed E-state index contributed by atoms with van der Waals surface area (Å²) in [4.78, 5) is 19.0. The molecule has 0 radical (unpaired) electrons. The first-order valence-electron chi connectivity index (χ1n) is 9.43. The lowest BCUT2D eigenvalue weighted by atomic mass is 10.1. The third kappa shape index (κ3) is 3.22. The number of rotatable bonds is 4. The van der Waals surface area contributed by atoms with Gasteiger partial charge in [0.15, 0.2) is 11.5 Å². The second kappa shape index (κ2) is 7.03. The molecule has 1 amide bonds. The van der Waals surface area contributed by atoms with Gasteiger partial charge in [0, 0.05) is 24.5 Å². The molecule has 0 saturated carbocycles. The van der Waals surface area contributed by atoms with Crippen molar-refractivity contribution in [2.45, 2.75) is 18.9 Å². The predicted octanol–water partition coefficient (Wildman–Crippen LogP) is 3.19. The molecule has 6 nitrogen and oxygen atoms in total. The van der Waals surface area contributed by atoms with Crippen molar-refractivity contribution < 1.29 is 19.0 Å². The van der Waals surface area contributed by atoms with Gasteiger partial charge < -0.3 is 19.1 Å². The summed E-state index contributed by atoms with van der Waals surface area (Å²) >= 11 is 0. The number of likely N-dealkylation sites (tertiary alicyclic amines) is 1. The van der Waals surface area contributed by atoms with Gasteiger partial charge in [-0.25, -0.2) is 0 Å². The van der Waals surface area contributed by atoms with Crippen LogP contribution in [0.5, 0.6) is 17.2 Å². The van der Waals surface area contributed by atoms with Crippen molar-refractivity contribution >= 4 is 16.8 Å². The van der Waals surface area contributed by atoms with Crippen molar-refractivity contribution in [3.05, 3.63) is 60.3 Å². The number of para-hydroxylation sites is 1. The highest BCUT2D eigenvalue weighted by molar-refractivity contribution is 5.84. The van der Waals surface area contributed by atoms with Gasteiger partial charge in [0.25, 0.3) is 0 Å². The summed E-state index contributed by atoms with van der Waals surface area (Å²) in [5, 5.41) is 1.05. The molecule has 1 unspecified atom stereocenters. The molecule has 3 aromatic rings. The molecule has 6 heteroatoms. The van der Waals surface area contributed by atoms with Crippen LogP contribution in [0.2, 0.25) is 0 Å². The van der Waals surface area contributed by atoms with Crippen LogP contribution in [0, 0.1) is 0 Å². The number of nitrogens with zero attached hydrogens (tertiary/aromatic N) is 2. The molecule has 3 heterocycles. The average molecular weight is 376 g/mol. The van der Waals surface area contributed by atoms with Crippen molar-refractivity contribution in [1.29, 1.82) is 0 Å². The van der Waals surface area contributed by atoms with Crippen molar-refractivity contribution in [2.75, 3.05) is 19.9 Å². The molecule has 142 valence electrons. The summed E-state index contributed by atoms with van der Waals surface area (Å²) in [6.45, 7) is 1.53. The van der Waals surface area contributed by atoms with Crippen LogP contribution in [0.3, 0.4) is 0 Å². The van der Waals surface area contributed by atoms with Crippen LogP contribution in [-0.4, -0.2) is 41.8 Å². The Morgan fingerprint density at radius 3 is 3.00 bits per heavy atom. The smallest absolute Gasteiger partial charge is 0.231 e. The maximum atomic E-state index is 12.7. The molecule has 0 N–H and O–H groups in total. The third-order valence-corrected chi connectivity index (χ3v) is 5.18. The van der Waals surface area contributed by atoms with Gasteiger partial charge in [0.1, 0.15) is 17.4 Å². The minimum Gasteiger partial charge on any atom is -0.486 e. The van der Waals surface area contributed by atoms with E-state index in [1.54, 1.807) is 6.20 Å². The van der Waals surface area contributed by atoms with Gasteiger partial charge >= 0.3 is 0 Å². The molecule has 1 saturated heterocycles. The Morgan fingerprint density at radius 1 is 1.14 bits per heavy atom. The zero-order chi connectivity index (χ0) is 18.9. The minimum atomic E-state index is -0.0201. The Kier molecular flexibility index (Phi) is 4.24. The average Bonchev–Trinajstić information content (AvgIpc) is 3.37. The Balaban J connectivity index is 1.23. The van der Waals surface area contributed by atoms with Crippen molar-refractivity contribution in [1.82, 2.24) is 9.88 Å². The van der Waals surface area contributed by atoms with Gasteiger partial charge in [-0.15, -0.1) is 0 Å². The van der Waals surface area contributed by atoms with Crippen LogP contribution >= 0.6 is 0 Å². The number of fused-ring (bicyclic) bond motifs is 2. The molecule has 1 aromatic heterocycles. The Morgan fingerprint density at radius 2 is 2.04 bits per heavy atom. The van der Waals surface area contributed by atoms with E-state index in [0.717, 1.165) is 34.4 Å². The fourth-order valence-corrected chi connectivity index (χ4v) is 3.74. The lowest BCUT2D eigenvalue weighted by Gasteiger charge is -2.18. The normalized spacial score (nSPS) is 17.9. The summed E-state index contributed by atoms with van der Waals surface area (Å²) in [6.07, 6.45) is 2.91. The number of carbonyl (C=O) groups excluding carboxylic acids is 1. The summed E-state index contributed by atoms with van der Waals surface area (Å²) in [5.41, 5.74) is 1.78. The molecule has 0 spiro atoms. The maximum Gasteiger partial charge on any atom is 0.231 e. The summed E-state index contributed by atoms with van der Waals surface area (Å²) in [7, 11) is 0. The van der Waals surface area contributed by atoms with E-state index in [1.807, 2.05) is 53.4 Å². The lowest BCUT2D eigenvalue weighted by molar-refractivity contribution is -0.129. The van der Waals surface area contributed by atoms with Crippen molar-refractivity contribution in [2.24, 2.45) is 0 Å². The molecular weight excluding hydrogens is 356 g/mol. The molecule has 0 bridgehead atoms. The topological polar surface area (TPSA) is 60.9 Å². The maximum absolute atomic E-state index is 12.7. The fraction of sp³-hybridized carbons (Fsp3) is 0.273. The molecule has 1 fully saturated rings. The van der Waals surface area contributed by atoms with E-state index in [0.29, 0.717) is 25.3 Å². The van der Waals surface area contributed by atoms with Crippen LogP contribution in [0.4, 0.5) is 0 Å². The minimum absolute atomic E-state index is 0.0201. The van der Waals surface area contributed by atoms with E-state index < -0.39 is 0 Å². The standard InChI is InChI=1S/C22H20N2O4/c25-21(12-15-6-7-18-20(11-15)27-14-26-18)24-10-8-17(13-24)28-19-5-1-3-16-4-2-9-23-22(16)19/h1-7,9,11,17H,8,10,12-14H2. The number of amides is 1. The summed E-state index contributed by atoms with van der Waals surface area (Å²) in [5.74, 6) is 2.31. The number of benzene rings is 2. The van der Waals surface area contributed by atoms with Crippen LogP contribution < -0.4 is 14.2 Å². The van der Waals surface area contributed by atoms with Crippen LogP contribution in [0.15, 0.2) is 54.7 Å². The first-order valence-corrected chi connectivity index (χ1v) is 9.43. The number of carbonyl (C=O) groups is 1. The van der Waals surface area contributed by atoms with E-state index in [1.165, 1.54) is 0 Å². The van der Waals surface area contributed by atoms with Crippen molar-refractivity contribution in [3.63, 3.8) is 0 Å². The zero-order valence-corrected chi connectivity index (χ0v) is 15.3. The van der Waals surface area contributed by atoms with Gasteiger partial charge in [0.05, 0.1) is 13.0 Å². The van der Waals surface area contributed by atoms with Gasteiger partial charge in [-0.2, -0.15) is 0 Å². The highest BCUT2D eigenvalue weighted by atomic mass is 16.7. The molecule has 2 aliphatic rings. The fourth-order valence-electron chi connectivity index (χ4n) is 3.74. The van der Waals surface area contributed by atoms with Crippen molar-refractivity contribution in [3.8, 4) is 17.2 Å². The van der Waals surface area contributed by atoms with Crippen LogP contribution in [0.1, 0.15) is 12.0 Å². The van der Waals surface area contributed by atoms with Crippen LogP contribution in [-0.2, 0) is 11.2 Å². The van der Waals surface area contributed by atoms with E-state index >= 15 is 0 Å². The second-order valence-corrected chi connectivity index (χ2v) is 7.06. The molecule has 0 aliphatic carbocycles. The quantitative estimate of drug-likeness (QED) is 0.700. The first-order chi connectivity index (χ1) is 13.8. The molecular formula is C22H20N2O4. The van der Waals surface area contributed by atoms with Crippen LogP contribution in [0.25, 0.3) is 10.9 Å².